The molecule has 2 saturated heterocycles. The summed E-state index contributed by atoms with van der Waals surface area (Å²) in [6.45, 7) is 0. The van der Waals surface area contributed by atoms with Crippen molar-refractivity contribution in [3.63, 3.8) is 0 Å². The molecule has 0 spiro atoms. The molecule has 2 fully saturated rings. The average Bonchev–Trinajstić information content (AvgIpc) is 2.70. The van der Waals surface area contributed by atoms with E-state index in [0.29, 0.717) is 18.9 Å². The topological polar surface area (TPSA) is 75.0 Å². The van der Waals surface area contributed by atoms with Crippen LogP contribution in [0.25, 0.3) is 0 Å². The lowest BCUT2D eigenvalue weighted by Crippen LogP contribution is -2.36. The van der Waals surface area contributed by atoms with Crippen LogP contribution in [-0.4, -0.2) is 24.7 Å². The maximum absolute atomic E-state index is 13.2. The lowest BCUT2D eigenvalue weighted by molar-refractivity contribution is -0.138. The van der Waals surface area contributed by atoms with Gasteiger partial charge in [0.05, 0.1) is 27.7 Å². The third-order valence-electron chi connectivity index (χ3n) is 4.92. The van der Waals surface area contributed by atoms with E-state index in [1.807, 2.05) is 0 Å². The number of benzene rings is 1. The average molecular weight is 357 g/mol. The molecule has 0 radical (unpaired) electrons. The Hall–Kier alpha value is -1.88. The summed E-state index contributed by atoms with van der Waals surface area (Å²) in [4.78, 5) is 12.6. The van der Waals surface area contributed by atoms with Crippen LogP contribution in [0, 0.1) is 17.2 Å². The molecule has 0 aromatic heterocycles. The summed E-state index contributed by atoms with van der Waals surface area (Å²) in [5, 5.41) is 7.52. The van der Waals surface area contributed by atoms with Gasteiger partial charge in [-0.05, 0) is 43.9 Å². The largest absolute Gasteiger partial charge is 0.417 e. The van der Waals surface area contributed by atoms with Crippen molar-refractivity contribution in [3.05, 3.63) is 34.9 Å². The molecule has 2 aliphatic heterocycles. The lowest BCUT2D eigenvalue weighted by Gasteiger charge is -2.27. The van der Waals surface area contributed by atoms with Crippen molar-refractivity contribution in [2.45, 2.75) is 42.4 Å². The van der Waals surface area contributed by atoms with E-state index in [-0.39, 0.29) is 18.4 Å². The molecule has 3 rings (SSSR count). The first-order valence-electron chi connectivity index (χ1n) is 7.53. The van der Waals surface area contributed by atoms with Gasteiger partial charge in [-0.1, -0.05) is 0 Å². The van der Waals surface area contributed by atoms with Crippen LogP contribution in [0.4, 0.5) is 13.2 Å². The summed E-state index contributed by atoms with van der Waals surface area (Å²) in [7, 11) is -3.24. The van der Waals surface area contributed by atoms with Gasteiger partial charge in [-0.2, -0.15) is 18.4 Å². The van der Waals surface area contributed by atoms with Gasteiger partial charge >= 0.3 is 6.18 Å². The Balaban J connectivity index is 1.96. The van der Waals surface area contributed by atoms with Crippen molar-refractivity contribution in [1.29, 1.82) is 5.26 Å². The van der Waals surface area contributed by atoms with E-state index in [1.54, 1.807) is 6.07 Å². The number of halogens is 3. The summed E-state index contributed by atoms with van der Waals surface area (Å²) >= 11 is 0. The van der Waals surface area contributed by atoms with E-state index >= 15 is 0 Å². The summed E-state index contributed by atoms with van der Waals surface area (Å²) in [5.41, 5.74) is -1.79. The van der Waals surface area contributed by atoms with E-state index in [4.69, 9.17) is 5.26 Å². The summed E-state index contributed by atoms with van der Waals surface area (Å²) in [6.07, 6.45) is -3.66. The number of sulfone groups is 1. The number of alkyl halides is 3. The molecule has 0 saturated carbocycles. The maximum Gasteiger partial charge on any atom is 0.417 e. The van der Waals surface area contributed by atoms with Crippen molar-refractivity contribution >= 4 is 15.6 Å². The zero-order valence-electron chi connectivity index (χ0n) is 12.5. The first-order chi connectivity index (χ1) is 11.1. The lowest BCUT2D eigenvalue weighted by atomic mass is 9.87. The van der Waals surface area contributed by atoms with E-state index in [0.717, 1.165) is 6.07 Å². The molecule has 4 nitrogen and oxygen atoms in total. The number of fused-ring (bicyclic) bond motifs is 2. The first kappa shape index (κ1) is 17.0. The van der Waals surface area contributed by atoms with Crippen molar-refractivity contribution in [3.8, 4) is 6.07 Å². The van der Waals surface area contributed by atoms with Gasteiger partial charge in [-0.25, -0.2) is 8.42 Å². The number of hydrogen-bond acceptors (Lipinski definition) is 4. The van der Waals surface area contributed by atoms with Crippen molar-refractivity contribution in [2.24, 2.45) is 5.92 Å². The highest BCUT2D eigenvalue weighted by molar-refractivity contribution is 7.93. The quantitative estimate of drug-likeness (QED) is 0.762. The van der Waals surface area contributed by atoms with Crippen molar-refractivity contribution in [2.75, 3.05) is 0 Å². The Bertz CT molecular complexity index is 819. The Morgan fingerprint density at radius 1 is 1.17 bits per heavy atom. The first-order valence-corrected chi connectivity index (χ1v) is 9.14. The third-order valence-corrected chi connectivity index (χ3v) is 7.64. The normalized spacial score (nSPS) is 28.3. The molecule has 8 heteroatoms. The molecule has 0 aliphatic carbocycles. The molecule has 2 bridgehead atoms. The van der Waals surface area contributed by atoms with E-state index in [9.17, 15) is 26.4 Å². The zero-order valence-corrected chi connectivity index (χ0v) is 13.3. The molecule has 2 atom stereocenters. The second-order valence-corrected chi connectivity index (χ2v) is 8.82. The van der Waals surface area contributed by atoms with Crippen LogP contribution in [0.2, 0.25) is 0 Å². The molecule has 1 aromatic rings. The fourth-order valence-corrected chi connectivity index (χ4v) is 6.18. The number of nitrogens with zero attached hydrogens (tertiary/aromatic N) is 1. The fourth-order valence-electron chi connectivity index (χ4n) is 3.70. The van der Waals surface area contributed by atoms with Gasteiger partial charge in [0, 0.05) is 11.5 Å². The molecule has 0 amide bonds. The Labute approximate surface area is 137 Å². The number of carbonyl (C=O) groups excluding carboxylic acids is 1. The minimum absolute atomic E-state index is 0.0783. The molecule has 24 heavy (non-hydrogen) atoms. The summed E-state index contributed by atoms with van der Waals surface area (Å²) in [6, 6.07) is 4.50. The van der Waals surface area contributed by atoms with Gasteiger partial charge in [-0.3, -0.25) is 4.79 Å². The van der Waals surface area contributed by atoms with Gasteiger partial charge in [0.25, 0.3) is 0 Å². The van der Waals surface area contributed by atoms with Gasteiger partial charge in [-0.15, -0.1) is 0 Å². The molecule has 2 heterocycles. The Kier molecular flexibility index (Phi) is 3.95. The standard InChI is InChI=1S/C16H14F3NO3S/c17-16(18,19)14-5-9(8-20)1-4-13(14)15(21)10-6-11-2-3-12(7-10)24(11,22)23/h1,4-5,10-12H,2-3,6-7H2. The number of rotatable bonds is 2. The van der Waals surface area contributed by atoms with Crippen molar-refractivity contribution in [1.82, 2.24) is 0 Å². The predicted molar refractivity (Wildman–Crippen MR) is 78.9 cm³/mol. The predicted octanol–water partition coefficient (Wildman–Crippen LogP) is 3.12. The minimum Gasteiger partial charge on any atom is -0.294 e. The fraction of sp³-hybridized carbons (Fsp3) is 0.500. The highest BCUT2D eigenvalue weighted by atomic mass is 32.2. The van der Waals surface area contributed by atoms with Gasteiger partial charge in [0.15, 0.2) is 15.6 Å². The Morgan fingerprint density at radius 2 is 1.75 bits per heavy atom. The highest BCUT2D eigenvalue weighted by Gasteiger charge is 2.49. The van der Waals surface area contributed by atoms with E-state index in [2.05, 4.69) is 0 Å². The number of Topliss-reactive ketones (excluding diaryl/α,β-unsaturated/α-hetero) is 1. The molecular formula is C16H14F3NO3S. The van der Waals surface area contributed by atoms with Crippen LogP contribution in [-0.2, 0) is 16.0 Å². The highest BCUT2D eigenvalue weighted by Crippen LogP contribution is 2.43. The number of nitriles is 1. The second-order valence-electron chi connectivity index (χ2n) is 6.31. The van der Waals surface area contributed by atoms with Crippen LogP contribution in [0.1, 0.15) is 47.2 Å². The monoisotopic (exact) mass is 357 g/mol. The van der Waals surface area contributed by atoms with Crippen LogP contribution in [0.5, 0.6) is 0 Å². The summed E-state index contributed by atoms with van der Waals surface area (Å²) in [5.74, 6) is -1.40. The van der Waals surface area contributed by atoms with Gasteiger partial charge < -0.3 is 0 Å². The SMILES string of the molecule is N#Cc1ccc(C(=O)C2CC3CCC(C2)S3(=O)=O)c(C(F)(F)F)c1. The molecule has 2 aliphatic rings. The van der Waals surface area contributed by atoms with E-state index in [1.165, 1.54) is 6.07 Å². The van der Waals surface area contributed by atoms with Gasteiger partial charge in [0.1, 0.15) is 0 Å². The van der Waals surface area contributed by atoms with E-state index < -0.39 is 49.3 Å². The maximum atomic E-state index is 13.2. The minimum atomic E-state index is -4.75. The molecule has 128 valence electrons. The molecule has 0 N–H and O–H groups in total. The Morgan fingerprint density at radius 3 is 2.25 bits per heavy atom. The van der Waals surface area contributed by atoms with Crippen LogP contribution < -0.4 is 0 Å². The molecule has 2 unspecified atom stereocenters. The van der Waals surface area contributed by atoms with Gasteiger partial charge in [0.2, 0.25) is 0 Å². The third kappa shape index (κ3) is 2.71. The number of ketones is 1. The molecular weight excluding hydrogens is 343 g/mol. The second kappa shape index (κ2) is 5.59. The van der Waals surface area contributed by atoms with Crippen LogP contribution >= 0.6 is 0 Å². The molecule has 1 aromatic carbocycles. The smallest absolute Gasteiger partial charge is 0.294 e. The zero-order chi connectivity index (χ0) is 17.7. The van der Waals surface area contributed by atoms with Crippen molar-refractivity contribution < 1.29 is 26.4 Å². The summed E-state index contributed by atoms with van der Waals surface area (Å²) < 4.78 is 63.8. The number of hydrogen-bond donors (Lipinski definition) is 0. The van der Waals surface area contributed by atoms with Crippen LogP contribution in [0.3, 0.4) is 0 Å². The number of carbonyl (C=O) groups is 1. The van der Waals surface area contributed by atoms with Crippen LogP contribution in [0.15, 0.2) is 18.2 Å².